The zero-order chi connectivity index (χ0) is 26.6. The average molecular weight is 653 g/mol. The van der Waals surface area contributed by atoms with Crippen LogP contribution in [0, 0.1) is 0 Å². The number of alkyl halides is 1. The van der Waals surface area contributed by atoms with Crippen LogP contribution in [0.1, 0.15) is 55.8 Å². The molecule has 0 radical (unpaired) electrons. The Morgan fingerprint density at radius 3 is 2.55 bits per heavy atom. The monoisotopic (exact) mass is 652 g/mol. The number of benzene rings is 2. The number of aryl methyl sites for hydroxylation is 1. The summed E-state index contributed by atoms with van der Waals surface area (Å²) in [6.45, 7) is 6.67. The first-order valence-corrected chi connectivity index (χ1v) is 17.5. The number of halogens is 2. The van der Waals surface area contributed by atoms with Crippen LogP contribution in [0.2, 0.25) is 0 Å². The quantitative estimate of drug-likeness (QED) is 0.167. The van der Waals surface area contributed by atoms with Gasteiger partial charge in [0.2, 0.25) is 0 Å². The molecule has 206 valence electrons. The molecule has 2 aromatic carbocycles. The Bertz CT molecular complexity index is 1200. The second-order valence-corrected chi connectivity index (χ2v) is 15.5. The predicted octanol–water partition coefficient (Wildman–Crippen LogP) is 6.93. The standard InChI is InChI=1S/C30H38ClIN2O4/c1-5-21-10-6-7-11-23(21)30-32(18-28-37-15-16-38-28)24(29(31)33-30)19-34-20(2)9-8-12-25(34)22-13-14-26(35-3)27(17-22)36-4/h6-7,10-11,13-14,17,20,25,28H,5,8-9,12,15-16,18-19H2,1-4H3. The molecule has 2 unspecified atom stereocenters. The van der Waals surface area contributed by atoms with Crippen molar-refractivity contribution >= 4 is 35.1 Å². The van der Waals surface area contributed by atoms with Gasteiger partial charge in [0, 0.05) is 0 Å². The van der Waals surface area contributed by atoms with Crippen LogP contribution >= 0.6 is 31.4 Å². The summed E-state index contributed by atoms with van der Waals surface area (Å²) in [6.07, 6.45) is 4.26. The molecule has 0 spiro atoms. The molecule has 2 fully saturated rings. The Morgan fingerprint density at radius 2 is 1.82 bits per heavy atom. The van der Waals surface area contributed by atoms with Crippen molar-refractivity contribution in [1.82, 2.24) is 4.90 Å². The van der Waals surface area contributed by atoms with Gasteiger partial charge in [0.05, 0.1) is 0 Å². The van der Waals surface area contributed by atoms with Gasteiger partial charge in [-0.05, 0) is 0 Å². The molecule has 5 rings (SSSR count). The molecule has 3 aliphatic rings. The molecular weight excluding hydrogens is 615 g/mol. The molecule has 8 heteroatoms. The van der Waals surface area contributed by atoms with Gasteiger partial charge >= 0.3 is 240 Å². The Kier molecular flexibility index (Phi) is 9.31. The summed E-state index contributed by atoms with van der Waals surface area (Å²) < 4.78 is 26.4. The third-order valence-electron chi connectivity index (χ3n) is 7.68. The molecular formula is C30H38ClIN2O4. The van der Waals surface area contributed by atoms with E-state index < -0.39 is 19.8 Å². The van der Waals surface area contributed by atoms with Crippen molar-refractivity contribution in [2.45, 2.75) is 57.9 Å². The van der Waals surface area contributed by atoms with Crippen molar-refractivity contribution < 1.29 is 18.9 Å². The number of ether oxygens (including phenoxy) is 4. The Labute approximate surface area is 238 Å². The van der Waals surface area contributed by atoms with Gasteiger partial charge in [-0.15, -0.1) is 0 Å². The minimum absolute atomic E-state index is 0.169. The molecule has 0 amide bonds. The molecule has 2 aromatic rings. The molecule has 0 aliphatic carbocycles. The molecule has 0 N–H and O–H groups in total. The maximum absolute atomic E-state index is 7.03. The van der Waals surface area contributed by atoms with Gasteiger partial charge in [0.1, 0.15) is 0 Å². The predicted molar refractivity (Wildman–Crippen MR) is 162 cm³/mol. The molecule has 6 nitrogen and oxygen atoms in total. The van der Waals surface area contributed by atoms with Crippen molar-refractivity contribution in [3.8, 4) is 11.5 Å². The van der Waals surface area contributed by atoms with E-state index in [2.05, 4.69) is 55.1 Å². The number of aliphatic imine (C=N–C) groups is 1. The van der Waals surface area contributed by atoms with E-state index >= 15 is 0 Å². The molecule has 0 bridgehead atoms. The number of piperidine rings is 1. The summed E-state index contributed by atoms with van der Waals surface area (Å²) in [7, 11) is 3.38. The maximum atomic E-state index is 7.03. The first-order valence-electron chi connectivity index (χ1n) is 13.5. The summed E-state index contributed by atoms with van der Waals surface area (Å²) in [5.74, 6) is 1.53. The van der Waals surface area contributed by atoms with E-state index in [1.165, 1.54) is 36.8 Å². The molecule has 0 aromatic heterocycles. The van der Waals surface area contributed by atoms with Crippen LogP contribution in [-0.2, 0) is 15.9 Å². The van der Waals surface area contributed by atoms with E-state index in [-0.39, 0.29) is 12.3 Å². The summed E-state index contributed by atoms with van der Waals surface area (Å²) in [4.78, 5) is 7.70. The third-order valence-corrected chi connectivity index (χ3v) is 14.4. The molecule has 38 heavy (non-hydrogen) atoms. The van der Waals surface area contributed by atoms with Gasteiger partial charge in [-0.3, -0.25) is 0 Å². The molecule has 2 saturated heterocycles. The summed E-state index contributed by atoms with van der Waals surface area (Å²) in [6, 6.07) is 15.7. The van der Waals surface area contributed by atoms with E-state index in [9.17, 15) is 0 Å². The fourth-order valence-corrected chi connectivity index (χ4v) is 12.5. The van der Waals surface area contributed by atoms with Crippen LogP contribution in [0.25, 0.3) is 0 Å². The summed E-state index contributed by atoms with van der Waals surface area (Å²) >= 11 is 5.02. The fourth-order valence-electron chi connectivity index (χ4n) is 5.63. The normalized spacial score (nSPS) is 23.7. The van der Waals surface area contributed by atoms with Crippen molar-refractivity contribution in [1.29, 1.82) is 0 Å². The van der Waals surface area contributed by atoms with E-state index in [1.54, 1.807) is 14.2 Å². The van der Waals surface area contributed by atoms with Crippen molar-refractivity contribution in [2.24, 2.45) is 4.99 Å². The Morgan fingerprint density at radius 1 is 1.05 bits per heavy atom. The number of hydrogen-bond donors (Lipinski definition) is 0. The minimum atomic E-state index is -2.01. The zero-order valence-corrected chi connectivity index (χ0v) is 25.6. The zero-order valence-electron chi connectivity index (χ0n) is 22.7. The Hall–Kier alpha value is -1.65. The van der Waals surface area contributed by atoms with Gasteiger partial charge < -0.3 is 0 Å². The SMILES string of the molecule is CCc1ccccc1C1=NC(Cl)=C(CN2C(C)CCCC2c2ccc(OC)c(OC)c2)I1CC1OCCO1. The molecule has 3 aliphatic heterocycles. The summed E-state index contributed by atoms with van der Waals surface area (Å²) in [5, 5.41) is 0.679. The van der Waals surface area contributed by atoms with E-state index in [4.69, 9.17) is 35.5 Å². The van der Waals surface area contributed by atoms with Crippen LogP contribution in [0.3, 0.4) is 0 Å². The van der Waals surface area contributed by atoms with E-state index in [1.807, 2.05) is 6.07 Å². The van der Waals surface area contributed by atoms with Gasteiger partial charge in [-0.2, -0.15) is 0 Å². The van der Waals surface area contributed by atoms with Crippen LogP contribution in [0.15, 0.2) is 56.2 Å². The average Bonchev–Trinajstić information content (AvgIpc) is 3.57. The Balaban J connectivity index is 1.47. The van der Waals surface area contributed by atoms with Crippen LogP contribution in [-0.4, -0.2) is 59.4 Å². The molecule has 2 atom stereocenters. The van der Waals surface area contributed by atoms with E-state index in [0.717, 1.165) is 35.3 Å². The number of rotatable bonds is 9. The number of methoxy groups -OCH3 is 2. The van der Waals surface area contributed by atoms with E-state index in [0.29, 0.717) is 24.4 Å². The third kappa shape index (κ3) is 5.77. The topological polar surface area (TPSA) is 52.5 Å². The second kappa shape index (κ2) is 12.7. The first-order chi connectivity index (χ1) is 18.5. The molecule has 3 heterocycles. The van der Waals surface area contributed by atoms with Crippen LogP contribution in [0.5, 0.6) is 11.5 Å². The fraction of sp³-hybridized carbons (Fsp3) is 0.500. The van der Waals surface area contributed by atoms with Crippen molar-refractivity contribution in [2.75, 3.05) is 38.4 Å². The van der Waals surface area contributed by atoms with Gasteiger partial charge in [-0.25, -0.2) is 0 Å². The van der Waals surface area contributed by atoms with Crippen LogP contribution < -0.4 is 9.47 Å². The molecule has 0 saturated carbocycles. The van der Waals surface area contributed by atoms with Gasteiger partial charge in [-0.1, -0.05) is 0 Å². The van der Waals surface area contributed by atoms with Gasteiger partial charge in [0.15, 0.2) is 0 Å². The number of hydrogen-bond acceptors (Lipinski definition) is 6. The summed E-state index contributed by atoms with van der Waals surface area (Å²) in [5.41, 5.74) is 3.82. The van der Waals surface area contributed by atoms with Crippen LogP contribution in [0.4, 0.5) is 0 Å². The van der Waals surface area contributed by atoms with Gasteiger partial charge in [0.25, 0.3) is 0 Å². The number of likely N-dealkylation sites (tertiary alicyclic amines) is 1. The first kappa shape index (κ1) is 27.9. The second-order valence-electron chi connectivity index (χ2n) is 9.88. The number of nitrogens with zero attached hydrogens (tertiary/aromatic N) is 2. The van der Waals surface area contributed by atoms with Crippen molar-refractivity contribution in [3.05, 3.63) is 67.9 Å². The van der Waals surface area contributed by atoms with Crippen molar-refractivity contribution in [3.63, 3.8) is 0 Å².